The van der Waals surface area contributed by atoms with Crippen LogP contribution in [0.4, 0.5) is 9.80 Å². The van der Waals surface area contributed by atoms with Gasteiger partial charge in [0.15, 0.2) is 0 Å². The van der Waals surface area contributed by atoms with Crippen molar-refractivity contribution in [3.63, 3.8) is 0 Å². The molecule has 2 aromatic rings. The summed E-state index contributed by atoms with van der Waals surface area (Å²) in [6.07, 6.45) is 3.66. The lowest BCUT2D eigenvalue weighted by Gasteiger charge is -2.43. The molecule has 4 atom stereocenters. The maximum atomic E-state index is 15.7. The molecule has 1 aromatic heterocycles. The van der Waals surface area contributed by atoms with Crippen molar-refractivity contribution in [1.82, 2.24) is 15.0 Å². The molecule has 2 aliphatic rings. The number of fused-ring (bicyclic) bond motifs is 1. The number of methoxy groups -OCH3 is 1. The first-order valence-electron chi connectivity index (χ1n) is 12.1. The van der Waals surface area contributed by atoms with Gasteiger partial charge in [-0.15, -0.1) is 5.10 Å². The molecular formula is C24H35FN4O4Si. The molecule has 0 spiro atoms. The number of aliphatic hydroxyl groups excluding tert-OH is 1. The van der Waals surface area contributed by atoms with Crippen LogP contribution in [0.2, 0.25) is 18.6 Å². The van der Waals surface area contributed by atoms with Gasteiger partial charge in [0.1, 0.15) is 11.9 Å². The molecule has 2 aliphatic heterocycles. The van der Waals surface area contributed by atoms with Gasteiger partial charge in [-0.3, -0.25) is 9.48 Å². The van der Waals surface area contributed by atoms with Crippen LogP contribution in [0.3, 0.4) is 0 Å². The number of aromatic nitrogens is 3. The van der Waals surface area contributed by atoms with Crippen LogP contribution in [0.5, 0.6) is 5.75 Å². The van der Waals surface area contributed by atoms with Crippen molar-refractivity contribution in [2.75, 3.05) is 25.2 Å². The van der Waals surface area contributed by atoms with E-state index in [-0.39, 0.29) is 36.2 Å². The number of carbonyl (C=O) groups is 1. The number of amides is 1. The second kappa shape index (κ2) is 10.1. The Morgan fingerprint density at radius 2 is 2.18 bits per heavy atom. The van der Waals surface area contributed by atoms with Crippen molar-refractivity contribution < 1.29 is 23.5 Å². The number of benzene rings is 1. The average molecular weight is 491 g/mol. The first-order chi connectivity index (χ1) is 16.2. The molecule has 0 radical (unpaired) electrons. The molecule has 3 heterocycles. The Morgan fingerprint density at radius 3 is 2.82 bits per heavy atom. The van der Waals surface area contributed by atoms with Gasteiger partial charge in [0.05, 0.1) is 11.8 Å². The van der Waals surface area contributed by atoms with Gasteiger partial charge in [0.25, 0.3) is 0 Å². The molecule has 0 saturated carbocycles. The van der Waals surface area contributed by atoms with Crippen molar-refractivity contribution >= 4 is 20.0 Å². The van der Waals surface area contributed by atoms with Gasteiger partial charge in [-0.25, -0.2) is 0 Å². The van der Waals surface area contributed by atoms with E-state index >= 15 is 4.11 Å². The highest BCUT2D eigenvalue weighted by Crippen LogP contribution is 2.48. The number of anilines is 1. The van der Waals surface area contributed by atoms with Gasteiger partial charge in [0, 0.05) is 68.6 Å². The highest BCUT2D eigenvalue weighted by atomic mass is 28.4. The average Bonchev–Trinajstić information content (AvgIpc) is 3.42. The molecular weight excluding hydrogens is 455 g/mol. The van der Waals surface area contributed by atoms with Crippen LogP contribution < -0.4 is 9.64 Å². The third kappa shape index (κ3) is 5.03. The Bertz CT molecular complexity index is 1010. The molecule has 34 heavy (non-hydrogen) atoms. The Balaban J connectivity index is 1.57. The zero-order chi connectivity index (χ0) is 24.5. The van der Waals surface area contributed by atoms with Crippen LogP contribution in [-0.2, 0) is 22.5 Å². The standard InChI is InChI=1S/C24H35FN4O4Si/c1-16-23(32-2)19-14-18(29-11-5-6-22(29)31)7-8-20(19)33-24(16)21(34(3,4)25)9-12-28-15-17(10-13-30)26-27-28/h7-8,14-16,21,23-24,30H,5-6,9-13H2,1-4H3/t16-,21?,23-,24-/m0/s1. The van der Waals surface area contributed by atoms with E-state index in [1.54, 1.807) is 31.1 Å². The minimum absolute atomic E-state index is 0.0185. The predicted molar refractivity (Wildman–Crippen MR) is 129 cm³/mol. The number of rotatable bonds is 9. The lowest BCUT2D eigenvalue weighted by atomic mass is 9.86. The number of aliphatic hydroxyl groups is 1. The van der Waals surface area contributed by atoms with Crippen LogP contribution in [0, 0.1) is 5.92 Å². The summed E-state index contributed by atoms with van der Waals surface area (Å²) >= 11 is 0. The van der Waals surface area contributed by atoms with Crippen molar-refractivity contribution in [1.29, 1.82) is 0 Å². The van der Waals surface area contributed by atoms with E-state index in [9.17, 15) is 4.79 Å². The Kier molecular flexibility index (Phi) is 7.39. The summed E-state index contributed by atoms with van der Waals surface area (Å²) in [6, 6.07) is 5.79. The van der Waals surface area contributed by atoms with Crippen molar-refractivity contribution in [2.45, 2.75) is 70.0 Å². The van der Waals surface area contributed by atoms with Crippen molar-refractivity contribution in [2.24, 2.45) is 5.92 Å². The summed E-state index contributed by atoms with van der Waals surface area (Å²) < 4.78 is 29.8. The summed E-state index contributed by atoms with van der Waals surface area (Å²) in [6.45, 7) is 6.77. The smallest absolute Gasteiger partial charge is 0.247 e. The highest BCUT2D eigenvalue weighted by molar-refractivity contribution is 6.72. The van der Waals surface area contributed by atoms with Crippen molar-refractivity contribution in [3.8, 4) is 5.75 Å². The quantitative estimate of drug-likeness (QED) is 0.426. The Labute approximate surface area is 201 Å². The molecule has 1 N–H and O–H groups in total. The van der Waals surface area contributed by atoms with E-state index in [0.29, 0.717) is 31.6 Å². The number of ether oxygens (including phenoxy) is 2. The monoisotopic (exact) mass is 490 g/mol. The Hall–Kier alpha value is -2.30. The van der Waals surface area contributed by atoms with E-state index in [1.165, 1.54) is 0 Å². The van der Waals surface area contributed by atoms with E-state index in [2.05, 4.69) is 17.2 Å². The van der Waals surface area contributed by atoms with Gasteiger partial charge in [-0.05, 0) is 44.1 Å². The molecule has 0 bridgehead atoms. The largest absolute Gasteiger partial charge is 0.490 e. The number of hydrogen-bond donors (Lipinski definition) is 1. The lowest BCUT2D eigenvalue weighted by Crippen LogP contribution is -2.46. The van der Waals surface area contributed by atoms with E-state index in [1.807, 2.05) is 23.1 Å². The molecule has 1 amide bonds. The van der Waals surface area contributed by atoms with Crippen molar-refractivity contribution in [3.05, 3.63) is 35.7 Å². The molecule has 1 unspecified atom stereocenters. The fourth-order valence-electron chi connectivity index (χ4n) is 5.30. The van der Waals surface area contributed by atoms with Crippen LogP contribution in [0.25, 0.3) is 0 Å². The molecule has 4 rings (SSSR count). The molecule has 10 heteroatoms. The summed E-state index contributed by atoms with van der Waals surface area (Å²) in [5, 5.41) is 17.3. The zero-order valence-corrected chi connectivity index (χ0v) is 21.4. The van der Waals surface area contributed by atoms with Crippen LogP contribution in [-0.4, -0.2) is 60.8 Å². The fourth-order valence-corrected chi connectivity index (χ4v) is 7.27. The zero-order valence-electron chi connectivity index (χ0n) is 20.4. The molecule has 0 aliphatic carbocycles. The van der Waals surface area contributed by atoms with Gasteiger partial charge >= 0.3 is 0 Å². The van der Waals surface area contributed by atoms with E-state index in [0.717, 1.165) is 29.9 Å². The summed E-state index contributed by atoms with van der Waals surface area (Å²) in [5.74, 6) is 0.756. The van der Waals surface area contributed by atoms with E-state index in [4.69, 9.17) is 14.6 Å². The second-order valence-electron chi connectivity index (χ2n) is 9.88. The maximum absolute atomic E-state index is 15.7. The number of halogens is 1. The van der Waals surface area contributed by atoms with Gasteiger partial charge in [-0.2, -0.15) is 0 Å². The number of hydrogen-bond acceptors (Lipinski definition) is 6. The molecule has 1 fully saturated rings. The number of carbonyl (C=O) groups excluding carboxylic acids is 1. The molecule has 1 aromatic carbocycles. The summed E-state index contributed by atoms with van der Waals surface area (Å²) in [7, 11) is -1.45. The minimum Gasteiger partial charge on any atom is -0.490 e. The van der Waals surface area contributed by atoms with Gasteiger partial charge < -0.3 is 23.6 Å². The Morgan fingerprint density at radius 1 is 1.38 bits per heavy atom. The first-order valence-corrected chi connectivity index (χ1v) is 15.0. The summed E-state index contributed by atoms with van der Waals surface area (Å²) in [4.78, 5) is 14.1. The third-order valence-electron chi connectivity index (χ3n) is 7.10. The summed E-state index contributed by atoms with van der Waals surface area (Å²) in [5.41, 5.74) is 2.21. The highest BCUT2D eigenvalue weighted by Gasteiger charge is 2.47. The van der Waals surface area contributed by atoms with Gasteiger partial charge in [-0.1, -0.05) is 12.1 Å². The molecule has 186 valence electrons. The molecule has 1 saturated heterocycles. The number of nitrogens with zero attached hydrogens (tertiary/aromatic N) is 4. The normalized spacial score (nSPS) is 23.6. The van der Waals surface area contributed by atoms with E-state index < -0.39 is 8.41 Å². The van der Waals surface area contributed by atoms with Crippen LogP contribution in [0.1, 0.15) is 43.5 Å². The first kappa shape index (κ1) is 24.8. The second-order valence-corrected chi connectivity index (χ2v) is 13.7. The topological polar surface area (TPSA) is 89.7 Å². The fraction of sp³-hybridized carbons (Fsp3) is 0.625. The SMILES string of the molecule is CO[C@@H]1c2cc(N3CCCC3=O)ccc2O[C@H](C(CCn2cc(CCO)nn2)[Si](C)(C)F)[C@H]1C. The minimum atomic E-state index is -3.12. The molecule has 8 nitrogen and oxygen atoms in total. The van der Waals surface area contributed by atoms with Gasteiger partial charge in [0.2, 0.25) is 14.3 Å². The number of aryl methyl sites for hydroxylation is 1. The van der Waals surface area contributed by atoms with Crippen LogP contribution >= 0.6 is 0 Å². The van der Waals surface area contributed by atoms with Crippen LogP contribution in [0.15, 0.2) is 24.4 Å². The lowest BCUT2D eigenvalue weighted by molar-refractivity contribution is -0.117. The maximum Gasteiger partial charge on any atom is 0.247 e. The third-order valence-corrected chi connectivity index (χ3v) is 9.48. The predicted octanol–water partition coefficient (Wildman–Crippen LogP) is 3.66.